The molecule has 0 atom stereocenters. The van der Waals surface area contributed by atoms with Crippen LogP contribution in [0.25, 0.3) is 0 Å². The predicted octanol–water partition coefficient (Wildman–Crippen LogP) is 2.64. The van der Waals surface area contributed by atoms with Crippen LogP contribution in [0.5, 0.6) is 11.5 Å². The van der Waals surface area contributed by atoms with Crippen LogP contribution in [0.3, 0.4) is 0 Å². The van der Waals surface area contributed by atoms with Crippen LogP contribution in [0.15, 0.2) is 18.2 Å². The Balaban J connectivity index is 2.09. The molecule has 0 bridgehead atoms. The van der Waals surface area contributed by atoms with E-state index in [1.54, 1.807) is 7.11 Å². The fourth-order valence-corrected chi connectivity index (χ4v) is 2.52. The van der Waals surface area contributed by atoms with Gasteiger partial charge in [-0.05, 0) is 56.8 Å². The normalized spacial score (nSPS) is 16.6. The highest BCUT2D eigenvalue weighted by atomic mass is 16.5. The molecular weight excluding hydrogens is 226 g/mol. The molecule has 0 radical (unpaired) electrons. The second kappa shape index (κ2) is 6.64. The van der Waals surface area contributed by atoms with Crippen molar-refractivity contribution in [2.45, 2.75) is 26.2 Å². The fraction of sp³-hybridized carbons (Fsp3) is 0.600. The van der Waals surface area contributed by atoms with Gasteiger partial charge < -0.3 is 14.8 Å². The highest BCUT2D eigenvalue weighted by molar-refractivity contribution is 5.41. The van der Waals surface area contributed by atoms with Gasteiger partial charge in [0.05, 0.1) is 13.7 Å². The minimum absolute atomic E-state index is 0.701. The van der Waals surface area contributed by atoms with Gasteiger partial charge in [-0.3, -0.25) is 0 Å². The number of piperidine rings is 1. The number of benzene rings is 1. The van der Waals surface area contributed by atoms with Gasteiger partial charge in [-0.2, -0.15) is 0 Å². The van der Waals surface area contributed by atoms with Crippen molar-refractivity contribution in [3.8, 4) is 11.5 Å². The summed E-state index contributed by atoms with van der Waals surface area (Å²) in [5.74, 6) is 2.63. The molecule has 2 rings (SSSR count). The summed E-state index contributed by atoms with van der Waals surface area (Å²) >= 11 is 0. The first-order chi connectivity index (χ1) is 8.83. The smallest absolute Gasteiger partial charge is 0.126 e. The SMILES string of the molecule is CCOc1cc(OC)ccc1CC1CCNCC1. The van der Waals surface area contributed by atoms with Gasteiger partial charge >= 0.3 is 0 Å². The van der Waals surface area contributed by atoms with Gasteiger partial charge in [0.15, 0.2) is 0 Å². The van der Waals surface area contributed by atoms with Crippen LogP contribution in [0.2, 0.25) is 0 Å². The summed E-state index contributed by atoms with van der Waals surface area (Å²) in [6.07, 6.45) is 3.64. The highest BCUT2D eigenvalue weighted by Crippen LogP contribution is 2.29. The third-order valence-electron chi connectivity index (χ3n) is 3.54. The second-order valence-electron chi connectivity index (χ2n) is 4.80. The molecule has 1 aromatic carbocycles. The van der Waals surface area contributed by atoms with Crippen LogP contribution in [-0.4, -0.2) is 26.8 Å². The van der Waals surface area contributed by atoms with Gasteiger partial charge in [-0.15, -0.1) is 0 Å². The van der Waals surface area contributed by atoms with Gasteiger partial charge in [0.2, 0.25) is 0 Å². The minimum atomic E-state index is 0.701. The van der Waals surface area contributed by atoms with Crippen molar-refractivity contribution in [3.63, 3.8) is 0 Å². The van der Waals surface area contributed by atoms with Crippen LogP contribution >= 0.6 is 0 Å². The van der Waals surface area contributed by atoms with E-state index in [4.69, 9.17) is 9.47 Å². The lowest BCUT2D eigenvalue weighted by Gasteiger charge is -2.23. The summed E-state index contributed by atoms with van der Waals surface area (Å²) in [5.41, 5.74) is 1.31. The monoisotopic (exact) mass is 249 g/mol. The Morgan fingerprint density at radius 1 is 1.28 bits per heavy atom. The first-order valence-electron chi connectivity index (χ1n) is 6.84. The maximum atomic E-state index is 5.73. The number of methoxy groups -OCH3 is 1. The fourth-order valence-electron chi connectivity index (χ4n) is 2.52. The molecule has 1 aromatic rings. The van der Waals surface area contributed by atoms with Crippen molar-refractivity contribution in [2.24, 2.45) is 5.92 Å². The maximum Gasteiger partial charge on any atom is 0.126 e. The van der Waals surface area contributed by atoms with E-state index in [0.717, 1.165) is 36.9 Å². The Morgan fingerprint density at radius 2 is 2.06 bits per heavy atom. The number of rotatable bonds is 5. The van der Waals surface area contributed by atoms with Gasteiger partial charge in [-0.1, -0.05) is 6.07 Å². The molecule has 1 N–H and O–H groups in total. The molecule has 1 saturated heterocycles. The zero-order valence-corrected chi connectivity index (χ0v) is 11.4. The van der Waals surface area contributed by atoms with E-state index < -0.39 is 0 Å². The summed E-state index contributed by atoms with van der Waals surface area (Å²) in [5, 5.41) is 3.41. The van der Waals surface area contributed by atoms with Crippen molar-refractivity contribution in [1.82, 2.24) is 5.32 Å². The lowest BCUT2D eigenvalue weighted by atomic mass is 9.90. The van der Waals surface area contributed by atoms with Gasteiger partial charge in [-0.25, -0.2) is 0 Å². The maximum absolute atomic E-state index is 5.73. The Morgan fingerprint density at radius 3 is 2.72 bits per heavy atom. The molecule has 1 fully saturated rings. The van der Waals surface area contributed by atoms with Gasteiger partial charge in [0.25, 0.3) is 0 Å². The number of hydrogen-bond donors (Lipinski definition) is 1. The largest absolute Gasteiger partial charge is 0.497 e. The number of hydrogen-bond acceptors (Lipinski definition) is 3. The number of ether oxygens (including phenoxy) is 2. The van der Waals surface area contributed by atoms with Crippen molar-refractivity contribution in [2.75, 3.05) is 26.8 Å². The molecule has 1 heterocycles. The quantitative estimate of drug-likeness (QED) is 0.870. The van der Waals surface area contributed by atoms with Crippen LogP contribution < -0.4 is 14.8 Å². The third kappa shape index (κ3) is 3.39. The molecule has 100 valence electrons. The Labute approximate surface area is 109 Å². The molecule has 18 heavy (non-hydrogen) atoms. The van der Waals surface area contributed by atoms with Gasteiger partial charge in [0, 0.05) is 6.07 Å². The molecular formula is C15H23NO2. The van der Waals surface area contributed by atoms with Crippen molar-refractivity contribution < 1.29 is 9.47 Å². The molecule has 0 unspecified atom stereocenters. The first kappa shape index (κ1) is 13.2. The van der Waals surface area contributed by atoms with E-state index in [2.05, 4.69) is 11.4 Å². The molecule has 3 heteroatoms. The van der Waals surface area contributed by atoms with E-state index in [1.807, 2.05) is 19.1 Å². The summed E-state index contributed by atoms with van der Waals surface area (Å²) < 4.78 is 11.0. The standard InChI is InChI=1S/C15H23NO2/c1-3-18-15-11-14(17-2)5-4-13(15)10-12-6-8-16-9-7-12/h4-5,11-12,16H,3,6-10H2,1-2H3. The molecule has 3 nitrogen and oxygen atoms in total. The van der Waals surface area contributed by atoms with Crippen molar-refractivity contribution in [3.05, 3.63) is 23.8 Å². The summed E-state index contributed by atoms with van der Waals surface area (Å²) in [4.78, 5) is 0. The van der Waals surface area contributed by atoms with Crippen LogP contribution in [0.4, 0.5) is 0 Å². The molecule has 0 spiro atoms. The van der Waals surface area contributed by atoms with E-state index in [-0.39, 0.29) is 0 Å². The Hall–Kier alpha value is -1.22. The van der Waals surface area contributed by atoms with E-state index in [0.29, 0.717) is 6.61 Å². The van der Waals surface area contributed by atoms with E-state index in [9.17, 15) is 0 Å². The van der Waals surface area contributed by atoms with Crippen LogP contribution in [-0.2, 0) is 6.42 Å². The average molecular weight is 249 g/mol. The van der Waals surface area contributed by atoms with Crippen molar-refractivity contribution >= 4 is 0 Å². The van der Waals surface area contributed by atoms with Gasteiger partial charge in [0.1, 0.15) is 11.5 Å². The average Bonchev–Trinajstić information content (AvgIpc) is 2.42. The number of nitrogens with one attached hydrogen (secondary N) is 1. The highest BCUT2D eigenvalue weighted by Gasteiger charge is 2.16. The second-order valence-corrected chi connectivity index (χ2v) is 4.80. The molecule has 1 aliphatic heterocycles. The zero-order valence-electron chi connectivity index (χ0n) is 11.4. The van der Waals surface area contributed by atoms with Crippen molar-refractivity contribution in [1.29, 1.82) is 0 Å². The third-order valence-corrected chi connectivity index (χ3v) is 3.54. The lowest BCUT2D eigenvalue weighted by molar-refractivity contribution is 0.323. The molecule has 0 aliphatic carbocycles. The summed E-state index contributed by atoms with van der Waals surface area (Å²) in [6, 6.07) is 6.17. The predicted molar refractivity (Wildman–Crippen MR) is 73.5 cm³/mol. The first-order valence-corrected chi connectivity index (χ1v) is 6.84. The molecule has 1 aliphatic rings. The molecule has 0 amide bonds. The topological polar surface area (TPSA) is 30.5 Å². The van der Waals surface area contributed by atoms with Crippen LogP contribution in [0, 0.1) is 5.92 Å². The van der Waals surface area contributed by atoms with E-state index >= 15 is 0 Å². The Kier molecular flexibility index (Phi) is 4.88. The molecule has 0 aromatic heterocycles. The Bertz CT molecular complexity index is 373. The van der Waals surface area contributed by atoms with E-state index in [1.165, 1.54) is 18.4 Å². The minimum Gasteiger partial charge on any atom is -0.497 e. The zero-order chi connectivity index (χ0) is 12.8. The summed E-state index contributed by atoms with van der Waals surface area (Å²) in [6.45, 7) is 5.01. The molecule has 0 saturated carbocycles. The lowest BCUT2D eigenvalue weighted by Crippen LogP contribution is -2.28. The van der Waals surface area contributed by atoms with Crippen LogP contribution in [0.1, 0.15) is 25.3 Å². The summed E-state index contributed by atoms with van der Waals surface area (Å²) in [7, 11) is 1.69.